The number of hydrogen-bond donors (Lipinski definition) is 2. The van der Waals surface area contributed by atoms with Crippen LogP contribution in [-0.2, 0) is 0 Å². The molecule has 1 aromatic carbocycles. The Balaban J connectivity index is 2.74. The number of carbonyl (C=O) groups is 1. The number of nitro benzene ring substituents is 1. The molecule has 18 heavy (non-hydrogen) atoms. The summed E-state index contributed by atoms with van der Waals surface area (Å²) in [6, 6.07) is 3.88. The highest BCUT2D eigenvalue weighted by Crippen LogP contribution is 2.21. The van der Waals surface area contributed by atoms with Gasteiger partial charge in [0, 0.05) is 23.4 Å². The quantitative estimate of drug-likeness (QED) is 0.488. The van der Waals surface area contributed by atoms with E-state index in [1.807, 2.05) is 0 Å². The zero-order valence-corrected chi connectivity index (χ0v) is 10.3. The molecule has 1 rings (SSSR count). The second-order valence-corrected chi connectivity index (χ2v) is 3.88. The topological polar surface area (TPSA) is 84.3 Å². The third kappa shape index (κ3) is 3.58. The molecular formula is C12H15N3O3. The number of carbonyl (C=O) groups excluding carboxylic acids is 1. The first-order chi connectivity index (χ1) is 8.43. The van der Waals surface area contributed by atoms with Crippen LogP contribution in [0.1, 0.15) is 12.5 Å². The number of nitrogens with zero attached hydrogens (tertiary/aromatic N) is 1. The molecule has 0 aliphatic carbocycles. The minimum atomic E-state index is -0.459. The Bertz CT molecular complexity index is 485. The highest BCUT2D eigenvalue weighted by atomic mass is 16.6. The SMILES string of the molecule is C=C[C@@H](C)NC(=O)Nc1ccc([N+](=O)[O-])c(C)c1. The number of nitrogens with one attached hydrogen (secondary N) is 2. The Kier molecular flexibility index (Phi) is 4.42. The summed E-state index contributed by atoms with van der Waals surface area (Å²) in [6.07, 6.45) is 1.60. The van der Waals surface area contributed by atoms with E-state index in [1.165, 1.54) is 12.1 Å². The Morgan fingerprint density at radius 3 is 2.72 bits per heavy atom. The van der Waals surface area contributed by atoms with Crippen LogP contribution < -0.4 is 10.6 Å². The molecule has 0 saturated carbocycles. The number of hydrogen-bond acceptors (Lipinski definition) is 3. The van der Waals surface area contributed by atoms with E-state index in [0.29, 0.717) is 11.3 Å². The first-order valence-electron chi connectivity index (χ1n) is 5.39. The maximum atomic E-state index is 11.5. The summed E-state index contributed by atoms with van der Waals surface area (Å²) < 4.78 is 0. The van der Waals surface area contributed by atoms with Gasteiger partial charge in [0.15, 0.2) is 0 Å². The van der Waals surface area contributed by atoms with Gasteiger partial charge >= 0.3 is 6.03 Å². The maximum Gasteiger partial charge on any atom is 0.319 e. The average Bonchev–Trinajstić information content (AvgIpc) is 2.28. The third-order valence-corrected chi connectivity index (χ3v) is 2.36. The van der Waals surface area contributed by atoms with Crippen molar-refractivity contribution in [2.24, 2.45) is 0 Å². The molecule has 0 aromatic heterocycles. The van der Waals surface area contributed by atoms with Gasteiger partial charge in [-0.05, 0) is 26.0 Å². The fourth-order valence-electron chi connectivity index (χ4n) is 1.37. The van der Waals surface area contributed by atoms with Crippen LogP contribution in [-0.4, -0.2) is 17.0 Å². The van der Waals surface area contributed by atoms with Crippen LogP contribution in [0.5, 0.6) is 0 Å². The highest BCUT2D eigenvalue weighted by molar-refractivity contribution is 5.89. The number of aryl methyl sites for hydroxylation is 1. The number of amides is 2. The van der Waals surface area contributed by atoms with E-state index < -0.39 is 4.92 Å². The summed E-state index contributed by atoms with van der Waals surface area (Å²) in [5.41, 5.74) is 1.03. The number of benzene rings is 1. The predicted molar refractivity (Wildman–Crippen MR) is 69.6 cm³/mol. The molecule has 0 spiro atoms. The maximum absolute atomic E-state index is 11.5. The smallest absolute Gasteiger partial charge is 0.319 e. The first kappa shape index (κ1) is 13.7. The van der Waals surface area contributed by atoms with Gasteiger partial charge in [-0.25, -0.2) is 4.79 Å². The zero-order chi connectivity index (χ0) is 13.7. The zero-order valence-electron chi connectivity index (χ0n) is 10.3. The lowest BCUT2D eigenvalue weighted by Gasteiger charge is -2.11. The second kappa shape index (κ2) is 5.81. The number of rotatable bonds is 4. The lowest BCUT2D eigenvalue weighted by molar-refractivity contribution is -0.385. The van der Waals surface area contributed by atoms with Gasteiger partial charge in [-0.2, -0.15) is 0 Å². The molecule has 0 unspecified atom stereocenters. The summed E-state index contributed by atoms with van der Waals surface area (Å²) in [5, 5.41) is 15.9. The molecule has 0 heterocycles. The number of anilines is 1. The monoisotopic (exact) mass is 249 g/mol. The van der Waals surface area contributed by atoms with E-state index in [-0.39, 0.29) is 17.8 Å². The van der Waals surface area contributed by atoms with Crippen LogP contribution in [0.25, 0.3) is 0 Å². The molecule has 0 aliphatic rings. The van der Waals surface area contributed by atoms with Crippen molar-refractivity contribution in [3.63, 3.8) is 0 Å². The van der Waals surface area contributed by atoms with Gasteiger partial charge < -0.3 is 10.6 Å². The molecule has 1 atom stereocenters. The van der Waals surface area contributed by atoms with Crippen LogP contribution in [0.15, 0.2) is 30.9 Å². The predicted octanol–water partition coefficient (Wildman–Crippen LogP) is 2.60. The molecule has 6 heteroatoms. The molecule has 0 bridgehead atoms. The normalized spacial score (nSPS) is 11.4. The molecule has 0 fully saturated rings. The molecule has 0 radical (unpaired) electrons. The summed E-state index contributed by atoms with van der Waals surface area (Å²) in [5.74, 6) is 0. The van der Waals surface area contributed by atoms with E-state index in [2.05, 4.69) is 17.2 Å². The van der Waals surface area contributed by atoms with Crippen molar-refractivity contribution in [3.8, 4) is 0 Å². The molecule has 96 valence electrons. The fraction of sp³-hybridized carbons (Fsp3) is 0.250. The molecular weight excluding hydrogens is 234 g/mol. The van der Waals surface area contributed by atoms with Crippen molar-refractivity contribution in [1.29, 1.82) is 0 Å². The first-order valence-corrected chi connectivity index (χ1v) is 5.39. The average molecular weight is 249 g/mol. The molecule has 6 nitrogen and oxygen atoms in total. The Labute approximate surface area is 105 Å². The van der Waals surface area contributed by atoms with E-state index >= 15 is 0 Å². The van der Waals surface area contributed by atoms with E-state index in [9.17, 15) is 14.9 Å². The number of nitro groups is 1. The lowest BCUT2D eigenvalue weighted by atomic mass is 10.2. The van der Waals surface area contributed by atoms with Crippen LogP contribution in [0.3, 0.4) is 0 Å². The Morgan fingerprint density at radius 2 is 2.22 bits per heavy atom. The van der Waals surface area contributed by atoms with Crippen LogP contribution in [0.2, 0.25) is 0 Å². The van der Waals surface area contributed by atoms with Gasteiger partial charge in [-0.3, -0.25) is 10.1 Å². The standard InChI is InChI=1S/C12H15N3O3/c1-4-9(3)13-12(16)14-10-5-6-11(15(17)18)8(2)7-10/h4-7,9H,1H2,2-3H3,(H2,13,14,16)/t9-/m1/s1. The highest BCUT2D eigenvalue weighted by Gasteiger charge is 2.11. The van der Waals surface area contributed by atoms with Crippen LogP contribution in [0.4, 0.5) is 16.2 Å². The van der Waals surface area contributed by atoms with Gasteiger partial charge in [0.25, 0.3) is 5.69 Å². The molecule has 2 amide bonds. The largest absolute Gasteiger partial charge is 0.332 e. The molecule has 2 N–H and O–H groups in total. The fourth-order valence-corrected chi connectivity index (χ4v) is 1.37. The summed E-state index contributed by atoms with van der Waals surface area (Å²) >= 11 is 0. The van der Waals surface area contributed by atoms with E-state index in [1.54, 1.807) is 26.0 Å². The number of urea groups is 1. The molecule has 0 saturated heterocycles. The molecule has 0 aliphatic heterocycles. The van der Waals surface area contributed by atoms with Gasteiger partial charge in [-0.1, -0.05) is 6.08 Å². The van der Waals surface area contributed by atoms with Crippen LogP contribution >= 0.6 is 0 Å². The summed E-state index contributed by atoms with van der Waals surface area (Å²) in [4.78, 5) is 21.7. The van der Waals surface area contributed by atoms with Crippen molar-refractivity contribution in [3.05, 3.63) is 46.5 Å². The van der Waals surface area contributed by atoms with E-state index in [0.717, 1.165) is 0 Å². The van der Waals surface area contributed by atoms with Gasteiger partial charge in [0.1, 0.15) is 0 Å². The van der Waals surface area contributed by atoms with Crippen molar-refractivity contribution in [2.75, 3.05) is 5.32 Å². The lowest BCUT2D eigenvalue weighted by Crippen LogP contribution is -2.34. The minimum absolute atomic E-state index is 0.0282. The van der Waals surface area contributed by atoms with Crippen molar-refractivity contribution < 1.29 is 9.72 Å². The van der Waals surface area contributed by atoms with Crippen molar-refractivity contribution >= 4 is 17.4 Å². The summed E-state index contributed by atoms with van der Waals surface area (Å²) in [7, 11) is 0. The molecule has 1 aromatic rings. The van der Waals surface area contributed by atoms with Gasteiger partial charge in [0.2, 0.25) is 0 Å². The minimum Gasteiger partial charge on any atom is -0.332 e. The summed E-state index contributed by atoms with van der Waals surface area (Å²) in [6.45, 7) is 6.95. The van der Waals surface area contributed by atoms with Crippen molar-refractivity contribution in [1.82, 2.24) is 5.32 Å². The van der Waals surface area contributed by atoms with E-state index in [4.69, 9.17) is 0 Å². The second-order valence-electron chi connectivity index (χ2n) is 3.88. The van der Waals surface area contributed by atoms with Crippen LogP contribution in [0, 0.1) is 17.0 Å². The Hall–Kier alpha value is -2.37. The van der Waals surface area contributed by atoms with Gasteiger partial charge in [-0.15, -0.1) is 6.58 Å². The Morgan fingerprint density at radius 1 is 1.56 bits per heavy atom. The third-order valence-electron chi connectivity index (χ3n) is 2.36. The van der Waals surface area contributed by atoms with Gasteiger partial charge in [0.05, 0.1) is 4.92 Å². The van der Waals surface area contributed by atoms with Crippen molar-refractivity contribution in [2.45, 2.75) is 19.9 Å².